The largest absolute Gasteiger partial charge is 0.497 e. The van der Waals surface area contributed by atoms with E-state index in [1.807, 2.05) is 12.1 Å². The number of non-ortho nitro benzene ring substituents is 1. The summed E-state index contributed by atoms with van der Waals surface area (Å²) in [7, 11) is 3.19. The molecule has 5 nitrogen and oxygen atoms in total. The lowest BCUT2D eigenvalue weighted by molar-refractivity contribution is -0.384. The minimum Gasteiger partial charge on any atom is -0.497 e. The topological polar surface area (TPSA) is 61.6 Å². The van der Waals surface area contributed by atoms with Crippen LogP contribution in [0.25, 0.3) is 0 Å². The van der Waals surface area contributed by atoms with Crippen molar-refractivity contribution < 1.29 is 14.4 Å². The number of methoxy groups -OCH3 is 2. The molecule has 0 amide bonds. The molecule has 104 valence electrons. The highest BCUT2D eigenvalue weighted by molar-refractivity contribution is 7.99. The Hall–Kier alpha value is -2.21. The fourth-order valence-electron chi connectivity index (χ4n) is 1.62. The molecule has 6 heteroatoms. The Kier molecular flexibility index (Phi) is 4.47. The Balaban J connectivity index is 2.23. The molecule has 0 aliphatic carbocycles. The van der Waals surface area contributed by atoms with E-state index in [2.05, 4.69) is 0 Å². The predicted octanol–water partition coefficient (Wildman–Crippen LogP) is 3.76. The van der Waals surface area contributed by atoms with E-state index >= 15 is 0 Å². The number of nitrogens with zero attached hydrogens (tertiary/aromatic N) is 1. The summed E-state index contributed by atoms with van der Waals surface area (Å²) in [5.74, 6) is 1.42. The van der Waals surface area contributed by atoms with E-state index in [-0.39, 0.29) is 5.69 Å². The third-order valence-electron chi connectivity index (χ3n) is 2.65. The van der Waals surface area contributed by atoms with E-state index in [0.717, 1.165) is 15.5 Å². The van der Waals surface area contributed by atoms with Gasteiger partial charge in [0.1, 0.15) is 11.5 Å². The molecule has 2 aromatic rings. The molecule has 0 aliphatic heterocycles. The number of nitro groups is 1. The average Bonchev–Trinajstić information content (AvgIpc) is 2.48. The van der Waals surface area contributed by atoms with Crippen LogP contribution in [0, 0.1) is 10.1 Å². The molecule has 0 radical (unpaired) electrons. The van der Waals surface area contributed by atoms with Crippen LogP contribution >= 0.6 is 11.8 Å². The fourth-order valence-corrected chi connectivity index (χ4v) is 2.53. The second-order valence-electron chi connectivity index (χ2n) is 3.87. The molecule has 0 saturated heterocycles. The first kappa shape index (κ1) is 14.2. The van der Waals surface area contributed by atoms with Crippen LogP contribution in [-0.2, 0) is 0 Å². The summed E-state index contributed by atoms with van der Waals surface area (Å²) in [5.41, 5.74) is 0.0797. The molecule has 0 aromatic heterocycles. The summed E-state index contributed by atoms with van der Waals surface area (Å²) in [6.45, 7) is 0. The van der Waals surface area contributed by atoms with E-state index in [1.165, 1.54) is 23.9 Å². The van der Waals surface area contributed by atoms with Crippen molar-refractivity contribution >= 4 is 17.4 Å². The third kappa shape index (κ3) is 3.21. The molecular formula is C14H13NO4S. The summed E-state index contributed by atoms with van der Waals surface area (Å²) in [4.78, 5) is 12.0. The van der Waals surface area contributed by atoms with Gasteiger partial charge in [-0.3, -0.25) is 10.1 Å². The maximum Gasteiger partial charge on any atom is 0.269 e. The number of rotatable bonds is 5. The van der Waals surface area contributed by atoms with E-state index in [4.69, 9.17) is 9.47 Å². The van der Waals surface area contributed by atoms with Crippen molar-refractivity contribution in [2.75, 3.05) is 14.2 Å². The minimum atomic E-state index is -0.414. The molecule has 0 unspecified atom stereocenters. The van der Waals surface area contributed by atoms with Crippen LogP contribution in [0.1, 0.15) is 0 Å². The standard InChI is InChI=1S/C14H13NO4S/c1-18-11-5-8-14(13(9-11)19-2)20-12-6-3-10(4-7-12)15(16)17/h3-9H,1-2H3. The Morgan fingerprint density at radius 3 is 2.30 bits per heavy atom. The van der Waals surface area contributed by atoms with Crippen molar-refractivity contribution in [3.63, 3.8) is 0 Å². The molecule has 0 aliphatic rings. The lowest BCUT2D eigenvalue weighted by Crippen LogP contribution is -1.89. The van der Waals surface area contributed by atoms with Crippen molar-refractivity contribution in [2.45, 2.75) is 9.79 Å². The number of hydrogen-bond donors (Lipinski definition) is 0. The molecule has 2 rings (SSSR count). The molecule has 0 N–H and O–H groups in total. The van der Waals surface area contributed by atoms with Crippen molar-refractivity contribution in [1.82, 2.24) is 0 Å². The zero-order valence-electron chi connectivity index (χ0n) is 11.0. The molecule has 0 atom stereocenters. The fraction of sp³-hybridized carbons (Fsp3) is 0.143. The summed E-state index contributed by atoms with van der Waals surface area (Å²) >= 11 is 1.48. The average molecular weight is 291 g/mol. The van der Waals surface area contributed by atoms with Crippen LogP contribution in [-0.4, -0.2) is 19.1 Å². The van der Waals surface area contributed by atoms with Crippen LogP contribution in [0.3, 0.4) is 0 Å². The van der Waals surface area contributed by atoms with Gasteiger partial charge in [0, 0.05) is 23.1 Å². The normalized spacial score (nSPS) is 10.1. The molecule has 0 fully saturated rings. The van der Waals surface area contributed by atoms with Gasteiger partial charge in [-0.2, -0.15) is 0 Å². The van der Waals surface area contributed by atoms with Gasteiger partial charge in [-0.15, -0.1) is 0 Å². The summed E-state index contributed by atoms with van der Waals surface area (Å²) < 4.78 is 10.5. The smallest absolute Gasteiger partial charge is 0.269 e. The van der Waals surface area contributed by atoms with Crippen LogP contribution in [0.2, 0.25) is 0 Å². The highest BCUT2D eigenvalue weighted by Gasteiger charge is 2.09. The van der Waals surface area contributed by atoms with E-state index < -0.39 is 4.92 Å². The van der Waals surface area contributed by atoms with Gasteiger partial charge in [-0.25, -0.2) is 0 Å². The van der Waals surface area contributed by atoms with Crippen LogP contribution < -0.4 is 9.47 Å². The number of hydrogen-bond acceptors (Lipinski definition) is 5. The van der Waals surface area contributed by atoms with Gasteiger partial charge in [0.05, 0.1) is 24.0 Å². The SMILES string of the molecule is COc1ccc(Sc2ccc([N+](=O)[O-])cc2)c(OC)c1. The van der Waals surface area contributed by atoms with Crippen molar-refractivity contribution in [3.8, 4) is 11.5 Å². The quantitative estimate of drug-likeness (QED) is 0.620. The summed E-state index contributed by atoms with van der Waals surface area (Å²) in [6, 6.07) is 11.9. The van der Waals surface area contributed by atoms with E-state index in [9.17, 15) is 10.1 Å². The monoisotopic (exact) mass is 291 g/mol. The lowest BCUT2D eigenvalue weighted by Gasteiger charge is -2.09. The molecule has 0 heterocycles. The van der Waals surface area contributed by atoms with Crippen LogP contribution in [0.15, 0.2) is 52.3 Å². The second-order valence-corrected chi connectivity index (χ2v) is 4.99. The van der Waals surface area contributed by atoms with Crippen molar-refractivity contribution in [1.29, 1.82) is 0 Å². The minimum absolute atomic E-state index is 0.0797. The summed E-state index contributed by atoms with van der Waals surface area (Å²) in [5, 5.41) is 10.6. The first-order valence-corrected chi connectivity index (χ1v) is 6.60. The molecule has 0 spiro atoms. The van der Waals surface area contributed by atoms with Crippen molar-refractivity contribution in [2.24, 2.45) is 0 Å². The van der Waals surface area contributed by atoms with E-state index in [1.54, 1.807) is 32.4 Å². The zero-order chi connectivity index (χ0) is 14.5. The van der Waals surface area contributed by atoms with Crippen LogP contribution in [0.5, 0.6) is 11.5 Å². The first-order chi connectivity index (χ1) is 9.63. The number of ether oxygens (including phenoxy) is 2. The highest BCUT2D eigenvalue weighted by atomic mass is 32.2. The Bertz CT molecular complexity index is 613. The maximum absolute atomic E-state index is 10.6. The predicted molar refractivity (Wildman–Crippen MR) is 76.8 cm³/mol. The number of benzene rings is 2. The molecular weight excluding hydrogens is 278 g/mol. The van der Waals surface area contributed by atoms with Gasteiger partial charge in [0.2, 0.25) is 0 Å². The van der Waals surface area contributed by atoms with Gasteiger partial charge in [-0.05, 0) is 24.3 Å². The molecule has 2 aromatic carbocycles. The van der Waals surface area contributed by atoms with Crippen LogP contribution in [0.4, 0.5) is 5.69 Å². The molecule has 0 saturated carbocycles. The third-order valence-corrected chi connectivity index (χ3v) is 3.71. The van der Waals surface area contributed by atoms with Gasteiger partial charge < -0.3 is 9.47 Å². The Morgan fingerprint density at radius 2 is 1.75 bits per heavy atom. The van der Waals surface area contributed by atoms with Crippen molar-refractivity contribution in [3.05, 3.63) is 52.6 Å². The van der Waals surface area contributed by atoms with Gasteiger partial charge in [-0.1, -0.05) is 11.8 Å². The maximum atomic E-state index is 10.6. The zero-order valence-corrected chi connectivity index (χ0v) is 11.8. The lowest BCUT2D eigenvalue weighted by atomic mass is 10.3. The Labute approximate surface area is 120 Å². The van der Waals surface area contributed by atoms with Gasteiger partial charge in [0.25, 0.3) is 5.69 Å². The first-order valence-electron chi connectivity index (χ1n) is 5.78. The Morgan fingerprint density at radius 1 is 1.05 bits per heavy atom. The van der Waals surface area contributed by atoms with E-state index in [0.29, 0.717) is 5.75 Å². The van der Waals surface area contributed by atoms with Gasteiger partial charge >= 0.3 is 0 Å². The van der Waals surface area contributed by atoms with Gasteiger partial charge in [0.15, 0.2) is 0 Å². The second kappa shape index (κ2) is 6.29. The number of nitro benzene ring substituents is 1. The molecule has 20 heavy (non-hydrogen) atoms. The molecule has 0 bridgehead atoms. The highest BCUT2D eigenvalue weighted by Crippen LogP contribution is 2.37. The summed E-state index contributed by atoms with van der Waals surface area (Å²) in [6.07, 6.45) is 0.